The standard InChI is InChI=1S/C72H96.2H3O4P/c1-41-33-47(55(69(17,18)19)37-51(41)65(5,6)7)61-59-45-31-29-30-32-46(45)60(59)62(48-34-42(2)52(66(8,9)10)38-56(48)70(20,21)22)64(50-36-44(4)54(68(14,15)16)40-58(50)72(26,27)28)63(61)49-35-43(3)53(67(11,12)13)39-57(49)71(23,24)25;2*1-5(2,3)4/h29-40H,1-28H3;2*(H3,1,2,3,4). The average molecular weight is 1160 g/mol. The summed E-state index contributed by atoms with van der Waals surface area (Å²) in [6.07, 6.45) is 0. The van der Waals surface area contributed by atoms with Crippen molar-refractivity contribution in [3.63, 3.8) is 0 Å². The molecule has 448 valence electrons. The van der Waals surface area contributed by atoms with Crippen LogP contribution in [0.2, 0.25) is 0 Å². The van der Waals surface area contributed by atoms with Crippen LogP contribution in [0.1, 0.15) is 233 Å². The Hall–Kier alpha value is -4.46. The molecule has 0 spiro atoms. The lowest BCUT2D eigenvalue weighted by atomic mass is 9.67. The fourth-order valence-corrected chi connectivity index (χ4v) is 12.6. The maximum Gasteiger partial charge on any atom is 0.466 e. The van der Waals surface area contributed by atoms with Gasteiger partial charge in [-0.2, -0.15) is 0 Å². The molecule has 7 rings (SSSR count). The SMILES string of the molecule is Cc1cc(-c2c(-c3cc(C)c(C(C)(C)C)cc3C(C)(C)C)c(-c3cc(C)c(C(C)(C)C)cc3C(C)(C)C)c3c(c2-c2cc(C)c(C(C)(C)C)cc2C(C)(C)C)=c2ccccc2=3)c(C(C)(C)C)cc1C(C)(C)C.O=P(O)(O)O.O=P(O)(O)O. The van der Waals surface area contributed by atoms with Gasteiger partial charge in [0.1, 0.15) is 0 Å². The summed E-state index contributed by atoms with van der Waals surface area (Å²) in [5.41, 5.74) is 26.8. The highest BCUT2D eigenvalue weighted by Crippen LogP contribution is 2.57. The highest BCUT2D eigenvalue weighted by atomic mass is 31.2. The summed E-state index contributed by atoms with van der Waals surface area (Å²) in [6.45, 7) is 67.4. The third kappa shape index (κ3) is 15.1. The van der Waals surface area contributed by atoms with Crippen LogP contribution in [0.3, 0.4) is 0 Å². The van der Waals surface area contributed by atoms with Crippen LogP contribution in [0, 0.1) is 48.6 Å². The van der Waals surface area contributed by atoms with Crippen LogP contribution in [0.5, 0.6) is 0 Å². The largest absolute Gasteiger partial charge is 0.466 e. The zero-order valence-electron chi connectivity index (χ0n) is 55.3. The molecule has 0 bridgehead atoms. The first kappa shape index (κ1) is 68.3. The number of hydrogen-bond acceptors (Lipinski definition) is 2. The predicted octanol–water partition coefficient (Wildman–Crippen LogP) is 19.0. The fraction of sp³-hybridized carbons (Fsp3) is 0.500. The van der Waals surface area contributed by atoms with Crippen LogP contribution >= 0.6 is 15.6 Å². The number of fused-ring (bicyclic) bond motifs is 2. The van der Waals surface area contributed by atoms with Crippen molar-refractivity contribution in [1.29, 1.82) is 0 Å². The molecule has 6 aromatic carbocycles. The Morgan fingerprint density at radius 1 is 0.268 bits per heavy atom. The molecule has 0 saturated heterocycles. The minimum absolute atomic E-state index is 0.0220. The van der Waals surface area contributed by atoms with E-state index in [0.717, 1.165) is 0 Å². The summed E-state index contributed by atoms with van der Waals surface area (Å²) in [5, 5.41) is 5.49. The Labute approximate surface area is 493 Å². The number of benzene rings is 6. The lowest BCUT2D eigenvalue weighted by Gasteiger charge is -2.37. The Kier molecular flexibility index (Phi) is 18.7. The smallest absolute Gasteiger partial charge is 0.303 e. The zero-order chi connectivity index (χ0) is 63.3. The van der Waals surface area contributed by atoms with Gasteiger partial charge in [-0.1, -0.05) is 239 Å². The first-order valence-electron chi connectivity index (χ1n) is 29.0. The number of phosphoric acid groups is 2. The van der Waals surface area contributed by atoms with Crippen molar-refractivity contribution in [3.8, 4) is 44.5 Å². The molecule has 6 aromatic rings. The van der Waals surface area contributed by atoms with E-state index < -0.39 is 15.6 Å². The van der Waals surface area contributed by atoms with Gasteiger partial charge < -0.3 is 29.4 Å². The Morgan fingerprint density at radius 3 is 0.585 bits per heavy atom. The van der Waals surface area contributed by atoms with Crippen LogP contribution in [-0.4, -0.2) is 29.4 Å². The van der Waals surface area contributed by atoms with Gasteiger partial charge in [0, 0.05) is 0 Å². The van der Waals surface area contributed by atoms with Gasteiger partial charge in [-0.25, -0.2) is 9.13 Å². The molecule has 0 fully saturated rings. The van der Waals surface area contributed by atoms with Crippen LogP contribution < -0.4 is 0 Å². The molecule has 1 aliphatic rings. The van der Waals surface area contributed by atoms with Crippen LogP contribution in [0.4, 0.5) is 0 Å². The van der Waals surface area contributed by atoms with Gasteiger partial charge in [0.2, 0.25) is 0 Å². The first-order valence-corrected chi connectivity index (χ1v) is 32.1. The zero-order valence-corrected chi connectivity index (χ0v) is 57.1. The third-order valence-electron chi connectivity index (χ3n) is 16.0. The molecule has 82 heavy (non-hydrogen) atoms. The summed E-state index contributed by atoms with van der Waals surface area (Å²) in [6, 6.07) is 30.3. The molecule has 0 unspecified atom stereocenters. The molecular weight excluding hydrogens is 1050 g/mol. The number of hydrogen-bond donors (Lipinski definition) is 6. The molecule has 0 aliphatic heterocycles. The van der Waals surface area contributed by atoms with Crippen molar-refractivity contribution in [1.82, 2.24) is 0 Å². The van der Waals surface area contributed by atoms with Crippen molar-refractivity contribution in [2.24, 2.45) is 0 Å². The first-order chi connectivity index (χ1) is 36.5. The molecule has 0 amide bonds. The average Bonchev–Trinajstić information content (AvgIpc) is 2.81. The van der Waals surface area contributed by atoms with E-state index in [0.29, 0.717) is 0 Å². The van der Waals surface area contributed by atoms with E-state index in [4.69, 9.17) is 38.5 Å². The summed E-state index contributed by atoms with van der Waals surface area (Å²) < 4.78 is 17.8. The Bertz CT molecular complexity index is 3490. The van der Waals surface area contributed by atoms with Crippen molar-refractivity contribution in [2.75, 3.05) is 0 Å². The molecule has 8 nitrogen and oxygen atoms in total. The normalized spacial score (nSPS) is 13.6. The van der Waals surface area contributed by atoms with E-state index in [1.165, 1.54) is 132 Å². The van der Waals surface area contributed by atoms with Gasteiger partial charge in [-0.05, 0) is 203 Å². The molecular formula is C72H102O8P2. The Balaban J connectivity index is 0.00000113. The molecule has 0 radical (unpaired) electrons. The minimum Gasteiger partial charge on any atom is -0.303 e. The van der Waals surface area contributed by atoms with Crippen molar-refractivity contribution >= 4 is 15.6 Å². The van der Waals surface area contributed by atoms with Crippen LogP contribution in [0.25, 0.3) is 44.5 Å². The highest BCUT2D eigenvalue weighted by Gasteiger charge is 2.38. The topological polar surface area (TPSA) is 156 Å². The lowest BCUT2D eigenvalue weighted by Crippen LogP contribution is -2.22. The van der Waals surface area contributed by atoms with E-state index in [1.807, 2.05) is 0 Å². The van der Waals surface area contributed by atoms with E-state index in [9.17, 15) is 0 Å². The lowest BCUT2D eigenvalue weighted by molar-refractivity contribution is 0.272. The maximum atomic E-state index is 8.88. The molecule has 10 heteroatoms. The van der Waals surface area contributed by atoms with Gasteiger partial charge in [-0.3, -0.25) is 0 Å². The summed E-state index contributed by atoms with van der Waals surface area (Å²) in [7, 11) is -9.28. The maximum absolute atomic E-state index is 8.88. The second-order valence-corrected chi connectivity index (χ2v) is 33.7. The molecule has 0 aromatic heterocycles. The van der Waals surface area contributed by atoms with Gasteiger partial charge >= 0.3 is 15.6 Å². The predicted molar refractivity (Wildman–Crippen MR) is 347 cm³/mol. The van der Waals surface area contributed by atoms with E-state index in [1.54, 1.807) is 0 Å². The van der Waals surface area contributed by atoms with Gasteiger partial charge in [0.05, 0.1) is 0 Å². The monoisotopic (exact) mass is 1160 g/mol. The van der Waals surface area contributed by atoms with Gasteiger partial charge in [0.25, 0.3) is 0 Å². The Morgan fingerprint density at radius 2 is 0.427 bits per heavy atom. The van der Waals surface area contributed by atoms with Crippen molar-refractivity contribution in [3.05, 3.63) is 160 Å². The number of rotatable bonds is 4. The minimum atomic E-state index is -4.64. The fourth-order valence-electron chi connectivity index (χ4n) is 12.6. The van der Waals surface area contributed by atoms with Gasteiger partial charge in [0.15, 0.2) is 0 Å². The van der Waals surface area contributed by atoms with E-state index >= 15 is 0 Å². The van der Waals surface area contributed by atoms with E-state index in [2.05, 4.69) is 267 Å². The quantitative estimate of drug-likeness (QED) is 0.0952. The molecule has 0 saturated carbocycles. The highest BCUT2D eigenvalue weighted by molar-refractivity contribution is 7.45. The third-order valence-corrected chi connectivity index (χ3v) is 16.0. The van der Waals surface area contributed by atoms with Crippen molar-refractivity contribution in [2.45, 2.75) is 237 Å². The second-order valence-electron chi connectivity index (χ2n) is 31.7. The molecule has 6 N–H and O–H groups in total. The summed E-state index contributed by atoms with van der Waals surface area (Å²) >= 11 is 0. The van der Waals surface area contributed by atoms with Crippen LogP contribution in [-0.2, 0) is 52.5 Å². The second kappa shape index (κ2) is 22.4. The summed E-state index contributed by atoms with van der Waals surface area (Å²) in [4.78, 5) is 43.1. The molecule has 0 heterocycles. The molecule has 0 atom stereocenters. The molecule has 1 aliphatic carbocycles. The van der Waals surface area contributed by atoms with Crippen LogP contribution in [0.15, 0.2) is 72.8 Å². The summed E-state index contributed by atoms with van der Waals surface area (Å²) in [5.74, 6) is 0. The van der Waals surface area contributed by atoms with Crippen molar-refractivity contribution < 1.29 is 38.5 Å². The number of aryl methyl sites for hydroxylation is 4. The van der Waals surface area contributed by atoms with Gasteiger partial charge in [-0.15, -0.1) is 0 Å². The van der Waals surface area contributed by atoms with E-state index in [-0.39, 0.29) is 43.3 Å².